The molecule has 1 aromatic heterocycles. The molecule has 0 unspecified atom stereocenters. The van der Waals surface area contributed by atoms with Crippen molar-refractivity contribution in [3.8, 4) is 0 Å². The number of anilines is 1. The summed E-state index contributed by atoms with van der Waals surface area (Å²) in [5.41, 5.74) is 9.18. The molecule has 17 heavy (non-hydrogen) atoms. The lowest BCUT2D eigenvalue weighted by Crippen LogP contribution is -2.16. The summed E-state index contributed by atoms with van der Waals surface area (Å²) in [6.45, 7) is 1.43. The van der Waals surface area contributed by atoms with Crippen LogP contribution in [0.1, 0.15) is 11.1 Å². The van der Waals surface area contributed by atoms with Gasteiger partial charge in [0.1, 0.15) is 0 Å². The van der Waals surface area contributed by atoms with E-state index in [1.54, 1.807) is 6.20 Å². The first kappa shape index (κ1) is 11.6. The third-order valence-electron chi connectivity index (χ3n) is 2.73. The van der Waals surface area contributed by atoms with Crippen LogP contribution >= 0.6 is 0 Å². The summed E-state index contributed by atoms with van der Waals surface area (Å²) in [6.07, 6.45) is 3.68. The van der Waals surface area contributed by atoms with E-state index in [1.165, 1.54) is 11.3 Å². The van der Waals surface area contributed by atoms with Crippen molar-refractivity contribution in [1.82, 2.24) is 4.98 Å². The molecular formula is C14H17N3. The first-order chi connectivity index (χ1) is 8.29. The van der Waals surface area contributed by atoms with Crippen LogP contribution in [0.2, 0.25) is 0 Å². The van der Waals surface area contributed by atoms with E-state index < -0.39 is 0 Å². The van der Waals surface area contributed by atoms with E-state index >= 15 is 0 Å². The minimum atomic E-state index is 0.578. The fourth-order valence-electron chi connectivity index (χ4n) is 1.78. The molecule has 2 N–H and O–H groups in total. The molecular weight excluding hydrogens is 210 g/mol. The molecule has 2 rings (SSSR count). The number of hydrogen-bond acceptors (Lipinski definition) is 3. The van der Waals surface area contributed by atoms with E-state index in [-0.39, 0.29) is 0 Å². The van der Waals surface area contributed by atoms with Crippen molar-refractivity contribution < 1.29 is 0 Å². The van der Waals surface area contributed by atoms with Crippen molar-refractivity contribution in [3.05, 3.63) is 59.9 Å². The second kappa shape index (κ2) is 5.46. The van der Waals surface area contributed by atoms with Crippen molar-refractivity contribution in [2.45, 2.75) is 13.1 Å². The maximum atomic E-state index is 5.64. The minimum absolute atomic E-state index is 0.578. The zero-order valence-electron chi connectivity index (χ0n) is 10.0. The summed E-state index contributed by atoms with van der Waals surface area (Å²) in [7, 11) is 2.07. The smallest absolute Gasteiger partial charge is 0.0441 e. The zero-order chi connectivity index (χ0) is 12.1. The average Bonchev–Trinajstić information content (AvgIpc) is 2.40. The van der Waals surface area contributed by atoms with Gasteiger partial charge in [-0.25, -0.2) is 0 Å². The maximum Gasteiger partial charge on any atom is 0.0441 e. The topological polar surface area (TPSA) is 42.2 Å². The molecule has 88 valence electrons. The van der Waals surface area contributed by atoms with Gasteiger partial charge in [0.2, 0.25) is 0 Å². The van der Waals surface area contributed by atoms with Gasteiger partial charge in [-0.15, -0.1) is 0 Å². The number of hydrogen-bond donors (Lipinski definition) is 1. The SMILES string of the molecule is CN(Cc1cccnc1)c1cccc(CN)c1. The quantitative estimate of drug-likeness (QED) is 0.870. The van der Waals surface area contributed by atoms with Crippen LogP contribution in [0.3, 0.4) is 0 Å². The molecule has 0 atom stereocenters. The summed E-state index contributed by atoms with van der Waals surface area (Å²) in [5, 5.41) is 0. The lowest BCUT2D eigenvalue weighted by Gasteiger charge is -2.19. The highest BCUT2D eigenvalue weighted by molar-refractivity contribution is 5.48. The van der Waals surface area contributed by atoms with Gasteiger partial charge < -0.3 is 10.6 Å². The van der Waals surface area contributed by atoms with E-state index in [0.29, 0.717) is 6.54 Å². The van der Waals surface area contributed by atoms with Crippen LogP contribution < -0.4 is 10.6 Å². The Morgan fingerprint density at radius 3 is 2.71 bits per heavy atom. The van der Waals surface area contributed by atoms with Gasteiger partial charge in [0.25, 0.3) is 0 Å². The summed E-state index contributed by atoms with van der Waals surface area (Å²) < 4.78 is 0. The molecule has 0 aliphatic carbocycles. The standard InChI is InChI=1S/C14H17N3/c1-17(11-13-5-3-7-16-10-13)14-6-2-4-12(8-14)9-15/h2-8,10H,9,11,15H2,1H3. The van der Waals surface area contributed by atoms with Gasteiger partial charge in [-0.1, -0.05) is 18.2 Å². The molecule has 0 aliphatic rings. The molecule has 2 aromatic rings. The Bertz CT molecular complexity index is 468. The molecule has 0 spiro atoms. The van der Waals surface area contributed by atoms with Crippen molar-refractivity contribution in [3.63, 3.8) is 0 Å². The van der Waals surface area contributed by atoms with Gasteiger partial charge in [0.15, 0.2) is 0 Å². The van der Waals surface area contributed by atoms with Crippen molar-refractivity contribution in [1.29, 1.82) is 0 Å². The van der Waals surface area contributed by atoms with Gasteiger partial charge in [-0.05, 0) is 29.3 Å². The molecule has 1 heterocycles. The molecule has 3 nitrogen and oxygen atoms in total. The normalized spacial score (nSPS) is 10.2. The number of rotatable bonds is 4. The van der Waals surface area contributed by atoms with Gasteiger partial charge in [-0.2, -0.15) is 0 Å². The molecule has 0 fully saturated rings. The van der Waals surface area contributed by atoms with Crippen molar-refractivity contribution >= 4 is 5.69 Å². The Labute approximate surface area is 102 Å². The molecule has 0 saturated carbocycles. The van der Waals surface area contributed by atoms with Crippen LogP contribution in [0.25, 0.3) is 0 Å². The Kier molecular flexibility index (Phi) is 3.73. The highest BCUT2D eigenvalue weighted by Crippen LogP contribution is 2.16. The molecule has 0 radical (unpaired) electrons. The lowest BCUT2D eigenvalue weighted by molar-refractivity contribution is 0.911. The Morgan fingerprint density at radius 2 is 2.00 bits per heavy atom. The Hall–Kier alpha value is -1.87. The minimum Gasteiger partial charge on any atom is -0.370 e. The van der Waals surface area contributed by atoms with E-state index in [1.807, 2.05) is 24.4 Å². The molecule has 0 amide bonds. The van der Waals surface area contributed by atoms with Crippen LogP contribution in [0.15, 0.2) is 48.8 Å². The Balaban J connectivity index is 2.11. The van der Waals surface area contributed by atoms with Crippen LogP contribution in [-0.4, -0.2) is 12.0 Å². The molecule has 0 aliphatic heterocycles. The number of benzene rings is 1. The van der Waals surface area contributed by atoms with E-state index in [0.717, 1.165) is 12.1 Å². The second-order valence-electron chi connectivity index (χ2n) is 4.09. The first-order valence-electron chi connectivity index (χ1n) is 5.68. The van der Waals surface area contributed by atoms with E-state index in [2.05, 4.69) is 35.1 Å². The largest absolute Gasteiger partial charge is 0.370 e. The van der Waals surface area contributed by atoms with Crippen LogP contribution in [-0.2, 0) is 13.1 Å². The average molecular weight is 227 g/mol. The highest BCUT2D eigenvalue weighted by Gasteiger charge is 2.02. The van der Waals surface area contributed by atoms with Crippen LogP contribution in [0.4, 0.5) is 5.69 Å². The van der Waals surface area contributed by atoms with Gasteiger partial charge in [0, 0.05) is 38.2 Å². The van der Waals surface area contributed by atoms with Crippen molar-refractivity contribution in [2.24, 2.45) is 5.73 Å². The molecule has 3 heteroatoms. The number of pyridine rings is 1. The fourth-order valence-corrected chi connectivity index (χ4v) is 1.78. The monoisotopic (exact) mass is 227 g/mol. The highest BCUT2D eigenvalue weighted by atomic mass is 15.1. The summed E-state index contributed by atoms with van der Waals surface area (Å²) in [4.78, 5) is 6.31. The third-order valence-corrected chi connectivity index (χ3v) is 2.73. The second-order valence-corrected chi connectivity index (χ2v) is 4.09. The summed E-state index contributed by atoms with van der Waals surface area (Å²) in [5.74, 6) is 0. The van der Waals surface area contributed by atoms with E-state index in [4.69, 9.17) is 5.73 Å². The zero-order valence-corrected chi connectivity index (χ0v) is 10.0. The predicted octanol–water partition coefficient (Wildman–Crippen LogP) is 2.18. The maximum absolute atomic E-state index is 5.64. The molecule has 0 bridgehead atoms. The van der Waals surface area contributed by atoms with Crippen molar-refractivity contribution in [2.75, 3.05) is 11.9 Å². The third kappa shape index (κ3) is 3.04. The summed E-state index contributed by atoms with van der Waals surface area (Å²) >= 11 is 0. The van der Waals surface area contributed by atoms with E-state index in [9.17, 15) is 0 Å². The number of nitrogens with zero attached hydrogens (tertiary/aromatic N) is 2. The first-order valence-corrected chi connectivity index (χ1v) is 5.68. The van der Waals surface area contributed by atoms with Crippen LogP contribution in [0.5, 0.6) is 0 Å². The molecule has 0 saturated heterocycles. The fraction of sp³-hybridized carbons (Fsp3) is 0.214. The number of nitrogens with two attached hydrogens (primary N) is 1. The van der Waals surface area contributed by atoms with Gasteiger partial charge in [0.05, 0.1) is 0 Å². The van der Waals surface area contributed by atoms with Gasteiger partial charge >= 0.3 is 0 Å². The molecule has 1 aromatic carbocycles. The van der Waals surface area contributed by atoms with Crippen LogP contribution in [0, 0.1) is 0 Å². The lowest BCUT2D eigenvalue weighted by atomic mass is 10.2. The predicted molar refractivity (Wildman–Crippen MR) is 70.7 cm³/mol. The Morgan fingerprint density at radius 1 is 1.18 bits per heavy atom. The number of aromatic nitrogens is 1. The van der Waals surface area contributed by atoms with Gasteiger partial charge in [-0.3, -0.25) is 4.98 Å². The summed E-state index contributed by atoms with van der Waals surface area (Å²) in [6, 6.07) is 12.3.